The van der Waals surface area contributed by atoms with Crippen LogP contribution in [-0.4, -0.2) is 22.8 Å². The Morgan fingerprint density at radius 3 is 2.96 bits per heavy atom. The monoisotopic (exact) mass is 427 g/mol. The summed E-state index contributed by atoms with van der Waals surface area (Å²) in [6.45, 7) is 5.16. The smallest absolute Gasteiger partial charge is 0.189 e. The topological polar surface area (TPSA) is 88.3 Å². The number of aryl methyl sites for hydroxylation is 2. The van der Waals surface area contributed by atoms with Gasteiger partial charge in [-0.05, 0) is 19.9 Å². The van der Waals surface area contributed by atoms with Crippen molar-refractivity contribution in [1.29, 1.82) is 0 Å². The Hall–Kier alpha value is -1.77. The van der Waals surface area contributed by atoms with Crippen LogP contribution >= 0.6 is 24.0 Å². The van der Waals surface area contributed by atoms with Gasteiger partial charge in [-0.15, -0.1) is 24.0 Å². The van der Waals surface area contributed by atoms with E-state index in [1.54, 1.807) is 0 Å². The molecule has 0 bridgehead atoms. The summed E-state index contributed by atoms with van der Waals surface area (Å²) in [5.41, 5.74) is 10.3. The zero-order valence-electron chi connectivity index (χ0n) is 13.3. The highest BCUT2D eigenvalue weighted by atomic mass is 127. The Morgan fingerprint density at radius 2 is 2.22 bits per heavy atom. The quantitative estimate of drug-likeness (QED) is 0.399. The fourth-order valence-electron chi connectivity index (χ4n) is 2.69. The molecule has 1 unspecified atom stereocenters. The average Bonchev–Trinajstić information content (AvgIpc) is 2.84. The predicted octanol–water partition coefficient (Wildman–Crippen LogP) is 2.57. The number of hydrogen-bond acceptors (Lipinski definition) is 3. The number of hydrogen-bond donors (Lipinski definition) is 3. The van der Waals surface area contributed by atoms with Crippen molar-refractivity contribution >= 4 is 29.9 Å². The first kappa shape index (κ1) is 17.6. The van der Waals surface area contributed by atoms with Crippen LogP contribution in [0.25, 0.3) is 0 Å². The van der Waals surface area contributed by atoms with E-state index < -0.39 is 0 Å². The summed E-state index contributed by atoms with van der Waals surface area (Å²) in [5.74, 6) is 1.36. The number of fused-ring (bicyclic) bond motifs is 1. The lowest BCUT2D eigenvalue weighted by atomic mass is 10.0. The maximum atomic E-state index is 6.05. The molecule has 4 N–H and O–H groups in total. The van der Waals surface area contributed by atoms with Crippen molar-refractivity contribution in [2.45, 2.75) is 32.9 Å². The molecule has 1 aromatic heterocycles. The van der Waals surface area contributed by atoms with Gasteiger partial charge in [0.05, 0.1) is 24.9 Å². The van der Waals surface area contributed by atoms with Gasteiger partial charge >= 0.3 is 0 Å². The summed E-state index contributed by atoms with van der Waals surface area (Å²) in [5, 5.41) is 10.4. The highest BCUT2D eigenvalue weighted by Gasteiger charge is 2.21. The second kappa shape index (κ2) is 7.67. The first-order valence-electron chi connectivity index (χ1n) is 7.44. The summed E-state index contributed by atoms with van der Waals surface area (Å²) in [4.78, 5) is 4.44. The Morgan fingerprint density at radius 1 is 1.43 bits per heavy atom. The van der Waals surface area contributed by atoms with Crippen molar-refractivity contribution < 1.29 is 4.74 Å². The van der Waals surface area contributed by atoms with Crippen LogP contribution in [0.4, 0.5) is 0 Å². The molecule has 2 aromatic rings. The van der Waals surface area contributed by atoms with E-state index in [0.717, 1.165) is 34.7 Å². The minimum atomic E-state index is 0. The molecular weight excluding hydrogens is 405 g/mol. The lowest BCUT2D eigenvalue weighted by molar-refractivity contribution is 0.262. The second-order valence-corrected chi connectivity index (χ2v) is 5.49. The highest BCUT2D eigenvalue weighted by molar-refractivity contribution is 14.0. The molecule has 7 heteroatoms. The van der Waals surface area contributed by atoms with E-state index >= 15 is 0 Å². The summed E-state index contributed by atoms with van der Waals surface area (Å²) in [6.07, 6.45) is 0.872. The lowest BCUT2D eigenvalue weighted by Gasteiger charge is -2.26. The largest absolute Gasteiger partial charge is 0.493 e. The van der Waals surface area contributed by atoms with Gasteiger partial charge in [0.25, 0.3) is 0 Å². The van der Waals surface area contributed by atoms with Gasteiger partial charge in [-0.1, -0.05) is 18.2 Å². The molecule has 0 radical (unpaired) electrons. The van der Waals surface area contributed by atoms with Crippen LogP contribution in [0.5, 0.6) is 5.75 Å². The van der Waals surface area contributed by atoms with Gasteiger partial charge in [-0.25, -0.2) is 4.99 Å². The highest BCUT2D eigenvalue weighted by Crippen LogP contribution is 2.31. The van der Waals surface area contributed by atoms with E-state index in [1.807, 2.05) is 32.0 Å². The first-order valence-corrected chi connectivity index (χ1v) is 7.44. The fraction of sp³-hybridized carbons (Fsp3) is 0.375. The maximum absolute atomic E-state index is 6.05. The molecule has 0 saturated carbocycles. The number of halogens is 1. The average molecular weight is 427 g/mol. The Kier molecular flexibility index (Phi) is 5.86. The van der Waals surface area contributed by atoms with Gasteiger partial charge in [-0.3, -0.25) is 5.10 Å². The van der Waals surface area contributed by atoms with E-state index in [0.29, 0.717) is 19.1 Å². The normalized spacial score (nSPS) is 17.0. The van der Waals surface area contributed by atoms with Crippen LogP contribution in [0.3, 0.4) is 0 Å². The van der Waals surface area contributed by atoms with Crippen LogP contribution in [0.1, 0.15) is 35.0 Å². The minimum absolute atomic E-state index is 0. The van der Waals surface area contributed by atoms with Crippen molar-refractivity contribution in [2.24, 2.45) is 10.7 Å². The number of aromatic amines is 1. The SMILES string of the molecule is Cc1n[nH]c(C)c1CN=C(N)NC1CCOc2ccccc21.I. The van der Waals surface area contributed by atoms with Gasteiger partial charge < -0.3 is 15.8 Å². The summed E-state index contributed by atoms with van der Waals surface area (Å²) in [6, 6.07) is 8.16. The molecule has 1 aromatic carbocycles. The zero-order valence-corrected chi connectivity index (χ0v) is 15.6. The van der Waals surface area contributed by atoms with Gasteiger partial charge in [0.2, 0.25) is 0 Å². The molecule has 1 atom stereocenters. The summed E-state index contributed by atoms with van der Waals surface area (Å²) < 4.78 is 5.65. The fourth-order valence-corrected chi connectivity index (χ4v) is 2.69. The van der Waals surface area contributed by atoms with Crippen LogP contribution in [-0.2, 0) is 6.54 Å². The minimum Gasteiger partial charge on any atom is -0.493 e. The van der Waals surface area contributed by atoms with Crippen molar-refractivity contribution in [3.05, 3.63) is 46.8 Å². The molecule has 0 fully saturated rings. The number of H-pyrrole nitrogens is 1. The van der Waals surface area contributed by atoms with Gasteiger partial charge in [0.1, 0.15) is 5.75 Å². The van der Waals surface area contributed by atoms with Gasteiger partial charge in [-0.2, -0.15) is 5.10 Å². The number of nitrogens with one attached hydrogen (secondary N) is 2. The molecule has 6 nitrogen and oxygen atoms in total. The third-order valence-electron chi connectivity index (χ3n) is 3.97. The number of guanidine groups is 1. The number of para-hydroxylation sites is 1. The van der Waals surface area contributed by atoms with Crippen molar-refractivity contribution in [2.75, 3.05) is 6.61 Å². The Labute approximate surface area is 152 Å². The molecule has 1 aliphatic heterocycles. The lowest BCUT2D eigenvalue weighted by Crippen LogP contribution is -2.37. The van der Waals surface area contributed by atoms with E-state index in [9.17, 15) is 0 Å². The number of rotatable bonds is 3. The molecule has 0 spiro atoms. The molecule has 3 rings (SSSR count). The standard InChI is InChI=1S/C16H21N5O.HI/c1-10-13(11(2)21-20-10)9-18-16(17)19-14-7-8-22-15-6-4-3-5-12(14)15;/h3-6,14H,7-9H2,1-2H3,(H,20,21)(H3,17,18,19);1H. The summed E-state index contributed by atoms with van der Waals surface area (Å²) in [7, 11) is 0. The van der Waals surface area contributed by atoms with Gasteiger partial charge in [0.15, 0.2) is 5.96 Å². The third kappa shape index (κ3) is 3.95. The maximum Gasteiger partial charge on any atom is 0.189 e. The number of nitrogens with two attached hydrogens (primary N) is 1. The van der Waals surface area contributed by atoms with Crippen molar-refractivity contribution in [3.63, 3.8) is 0 Å². The number of nitrogens with zero attached hydrogens (tertiary/aromatic N) is 2. The molecule has 124 valence electrons. The summed E-state index contributed by atoms with van der Waals surface area (Å²) >= 11 is 0. The van der Waals surface area contributed by atoms with E-state index in [4.69, 9.17) is 10.5 Å². The molecule has 0 amide bonds. The number of aromatic nitrogens is 2. The van der Waals surface area contributed by atoms with Crippen molar-refractivity contribution in [3.8, 4) is 5.75 Å². The molecule has 1 aliphatic rings. The zero-order chi connectivity index (χ0) is 15.5. The van der Waals surface area contributed by atoms with E-state index in [-0.39, 0.29) is 30.0 Å². The van der Waals surface area contributed by atoms with E-state index in [1.165, 1.54) is 0 Å². The second-order valence-electron chi connectivity index (χ2n) is 5.49. The molecule has 23 heavy (non-hydrogen) atoms. The predicted molar refractivity (Wildman–Crippen MR) is 101 cm³/mol. The van der Waals surface area contributed by atoms with Crippen LogP contribution in [0.15, 0.2) is 29.3 Å². The Bertz CT molecular complexity index is 678. The number of ether oxygens (including phenoxy) is 1. The molecular formula is C16H22IN5O. The van der Waals surface area contributed by atoms with E-state index in [2.05, 4.69) is 26.6 Å². The van der Waals surface area contributed by atoms with Crippen LogP contribution < -0.4 is 15.8 Å². The molecule has 2 heterocycles. The number of benzene rings is 1. The first-order chi connectivity index (χ1) is 10.6. The number of aliphatic imine (C=N–C) groups is 1. The van der Waals surface area contributed by atoms with Gasteiger partial charge in [0, 0.05) is 23.2 Å². The third-order valence-corrected chi connectivity index (χ3v) is 3.97. The molecule has 0 saturated heterocycles. The van der Waals surface area contributed by atoms with Crippen LogP contribution in [0, 0.1) is 13.8 Å². The van der Waals surface area contributed by atoms with Crippen molar-refractivity contribution in [1.82, 2.24) is 15.5 Å². The Balaban J connectivity index is 0.00000192. The molecule has 0 aliphatic carbocycles. The van der Waals surface area contributed by atoms with Crippen LogP contribution in [0.2, 0.25) is 0 Å².